The zero-order chi connectivity index (χ0) is 13.5. The Morgan fingerprint density at radius 3 is 2.58 bits per heavy atom. The van der Waals surface area contributed by atoms with Gasteiger partial charge in [-0.05, 0) is 32.1 Å². The van der Waals surface area contributed by atoms with Gasteiger partial charge in [0.1, 0.15) is 0 Å². The molecule has 0 spiro atoms. The molecule has 1 heterocycles. The number of nitrogens with zero attached hydrogens (tertiary/aromatic N) is 1. The van der Waals surface area contributed by atoms with Crippen molar-refractivity contribution in [1.29, 1.82) is 0 Å². The number of allylic oxidation sites excluding steroid dienone is 2. The van der Waals surface area contributed by atoms with Gasteiger partial charge in [0.2, 0.25) is 0 Å². The summed E-state index contributed by atoms with van der Waals surface area (Å²) in [5.74, 6) is -0.498. The van der Waals surface area contributed by atoms with E-state index in [1.165, 1.54) is 0 Å². The first-order valence-corrected chi connectivity index (χ1v) is 7.02. The van der Waals surface area contributed by atoms with Gasteiger partial charge in [-0.2, -0.15) is 5.06 Å². The molecule has 0 aromatic heterocycles. The van der Waals surface area contributed by atoms with Crippen LogP contribution in [0.5, 0.6) is 0 Å². The molecule has 1 saturated heterocycles. The highest BCUT2D eigenvalue weighted by Gasteiger charge is 2.30. The maximum atomic E-state index is 11.3. The van der Waals surface area contributed by atoms with Crippen molar-refractivity contribution in [3.8, 4) is 0 Å². The molecule has 1 atom stereocenters. The highest BCUT2D eigenvalue weighted by Crippen LogP contribution is 2.16. The highest BCUT2D eigenvalue weighted by molar-refractivity contribution is 6.00. The number of rotatable bonds is 5. The van der Waals surface area contributed by atoms with Crippen LogP contribution in [-0.4, -0.2) is 36.2 Å². The maximum Gasteiger partial charge on any atom is 0.253 e. The summed E-state index contributed by atoms with van der Waals surface area (Å²) in [7, 11) is 0. The maximum absolute atomic E-state index is 11.3. The van der Waals surface area contributed by atoms with Crippen LogP contribution in [0, 0.1) is 0 Å². The van der Waals surface area contributed by atoms with Crippen LogP contribution in [0.2, 0.25) is 0 Å². The van der Waals surface area contributed by atoms with E-state index in [2.05, 4.69) is 12.2 Å². The minimum atomic E-state index is -0.249. The number of hydrogen-bond donors (Lipinski definition) is 0. The summed E-state index contributed by atoms with van der Waals surface area (Å²) in [6, 6.07) is 0. The van der Waals surface area contributed by atoms with E-state index in [0.29, 0.717) is 6.61 Å². The smallest absolute Gasteiger partial charge is 0.253 e. The molecule has 0 saturated carbocycles. The molecule has 5 nitrogen and oxygen atoms in total. The summed E-state index contributed by atoms with van der Waals surface area (Å²) in [6.45, 7) is 0.676. The average molecular weight is 267 g/mol. The van der Waals surface area contributed by atoms with Crippen molar-refractivity contribution in [1.82, 2.24) is 5.06 Å². The Hall–Kier alpha value is -1.20. The summed E-state index contributed by atoms with van der Waals surface area (Å²) < 4.78 is 5.74. The van der Waals surface area contributed by atoms with E-state index in [9.17, 15) is 9.59 Å². The molecule has 5 heteroatoms. The standard InChI is InChI=1S/C14H21NO4/c16-13-8-9-14(17)15(13)19-11-10-18-12-6-4-2-1-3-5-7-12/h1-2,12H,3-11H2/b2-1+/t12-/m0/s1. The lowest BCUT2D eigenvalue weighted by Crippen LogP contribution is -2.31. The third kappa shape index (κ3) is 4.44. The van der Waals surface area contributed by atoms with Gasteiger partial charge >= 0.3 is 0 Å². The predicted molar refractivity (Wildman–Crippen MR) is 69.0 cm³/mol. The van der Waals surface area contributed by atoms with Crippen LogP contribution in [0.25, 0.3) is 0 Å². The molecule has 0 aromatic rings. The Morgan fingerprint density at radius 1 is 1.05 bits per heavy atom. The summed E-state index contributed by atoms with van der Waals surface area (Å²) in [5, 5.41) is 0.879. The Bertz CT molecular complexity index is 337. The third-order valence-electron chi connectivity index (χ3n) is 3.38. The lowest BCUT2D eigenvalue weighted by molar-refractivity contribution is -0.191. The van der Waals surface area contributed by atoms with Gasteiger partial charge in [0, 0.05) is 12.8 Å². The molecule has 0 N–H and O–H groups in total. The molecule has 19 heavy (non-hydrogen) atoms. The molecule has 106 valence electrons. The van der Waals surface area contributed by atoms with Crippen molar-refractivity contribution in [2.24, 2.45) is 0 Å². The summed E-state index contributed by atoms with van der Waals surface area (Å²) >= 11 is 0. The third-order valence-corrected chi connectivity index (χ3v) is 3.38. The fraction of sp³-hybridized carbons (Fsp3) is 0.714. The number of hydroxylamine groups is 2. The van der Waals surface area contributed by atoms with Crippen molar-refractivity contribution in [2.45, 2.75) is 51.0 Å². The fourth-order valence-corrected chi connectivity index (χ4v) is 2.34. The van der Waals surface area contributed by atoms with Crippen molar-refractivity contribution in [2.75, 3.05) is 13.2 Å². The second-order valence-electron chi connectivity index (χ2n) is 4.89. The molecular formula is C14H21NO4. The first kappa shape index (κ1) is 14.2. The van der Waals surface area contributed by atoms with Gasteiger partial charge < -0.3 is 4.74 Å². The van der Waals surface area contributed by atoms with Gasteiger partial charge in [0.05, 0.1) is 19.3 Å². The Balaban J connectivity index is 1.62. The molecule has 1 aliphatic carbocycles. The van der Waals surface area contributed by atoms with Crippen LogP contribution in [0.1, 0.15) is 44.9 Å². The topological polar surface area (TPSA) is 55.8 Å². The van der Waals surface area contributed by atoms with E-state index >= 15 is 0 Å². The first-order valence-electron chi connectivity index (χ1n) is 7.02. The molecule has 0 bridgehead atoms. The molecular weight excluding hydrogens is 246 g/mol. The van der Waals surface area contributed by atoms with Crippen LogP contribution < -0.4 is 0 Å². The average Bonchev–Trinajstić information content (AvgIpc) is 2.67. The van der Waals surface area contributed by atoms with Gasteiger partial charge in [0.15, 0.2) is 0 Å². The number of amides is 2. The van der Waals surface area contributed by atoms with Gasteiger partial charge in [-0.3, -0.25) is 14.4 Å². The number of hydrogen-bond acceptors (Lipinski definition) is 4. The molecule has 1 aliphatic heterocycles. The van der Waals surface area contributed by atoms with E-state index in [0.717, 1.165) is 37.2 Å². The van der Waals surface area contributed by atoms with Crippen molar-refractivity contribution < 1.29 is 19.2 Å². The summed E-state index contributed by atoms with van der Waals surface area (Å²) in [6.07, 6.45) is 10.6. The second kappa shape index (κ2) is 7.40. The normalized spacial score (nSPS) is 26.3. The number of ether oxygens (including phenoxy) is 1. The van der Waals surface area contributed by atoms with E-state index < -0.39 is 0 Å². The molecule has 1 fully saturated rings. The van der Waals surface area contributed by atoms with Crippen LogP contribution >= 0.6 is 0 Å². The van der Waals surface area contributed by atoms with Crippen LogP contribution in [-0.2, 0) is 19.2 Å². The zero-order valence-electron chi connectivity index (χ0n) is 11.2. The SMILES string of the molecule is O=C1CCC(=O)N1OCCO[C@H]1CC/C=C/CCC1. The molecule has 0 unspecified atom stereocenters. The van der Waals surface area contributed by atoms with Crippen LogP contribution in [0.15, 0.2) is 12.2 Å². The second-order valence-corrected chi connectivity index (χ2v) is 4.89. The molecule has 2 rings (SSSR count). The zero-order valence-corrected chi connectivity index (χ0v) is 11.2. The lowest BCUT2D eigenvalue weighted by Gasteiger charge is -2.19. The minimum absolute atomic E-state index is 0.249. The molecule has 0 radical (unpaired) electrons. The van der Waals surface area contributed by atoms with Gasteiger partial charge in [-0.15, -0.1) is 0 Å². The van der Waals surface area contributed by atoms with Crippen molar-refractivity contribution in [3.63, 3.8) is 0 Å². The minimum Gasteiger partial charge on any atom is -0.376 e. The molecule has 2 aliphatic rings. The number of carbonyl (C=O) groups is 2. The van der Waals surface area contributed by atoms with Crippen molar-refractivity contribution >= 4 is 11.8 Å². The Morgan fingerprint density at radius 2 is 1.79 bits per heavy atom. The van der Waals surface area contributed by atoms with E-state index in [1.54, 1.807) is 0 Å². The number of imide groups is 1. The van der Waals surface area contributed by atoms with Gasteiger partial charge in [0.25, 0.3) is 11.8 Å². The van der Waals surface area contributed by atoms with Crippen LogP contribution in [0.4, 0.5) is 0 Å². The molecule has 2 amide bonds. The Kier molecular flexibility index (Phi) is 5.54. The first-order chi connectivity index (χ1) is 9.27. The van der Waals surface area contributed by atoms with Gasteiger partial charge in [-0.25, -0.2) is 0 Å². The summed E-state index contributed by atoms with van der Waals surface area (Å²) in [5.41, 5.74) is 0. The summed E-state index contributed by atoms with van der Waals surface area (Å²) in [4.78, 5) is 27.8. The highest BCUT2D eigenvalue weighted by atomic mass is 16.7. The number of carbonyl (C=O) groups excluding carboxylic acids is 2. The largest absolute Gasteiger partial charge is 0.376 e. The van der Waals surface area contributed by atoms with E-state index in [4.69, 9.17) is 9.57 Å². The van der Waals surface area contributed by atoms with E-state index in [-0.39, 0.29) is 37.4 Å². The monoisotopic (exact) mass is 267 g/mol. The Labute approximate surface area is 113 Å². The van der Waals surface area contributed by atoms with Crippen LogP contribution in [0.3, 0.4) is 0 Å². The quantitative estimate of drug-likeness (QED) is 0.434. The van der Waals surface area contributed by atoms with E-state index in [1.807, 2.05) is 0 Å². The lowest BCUT2D eigenvalue weighted by atomic mass is 10.0. The van der Waals surface area contributed by atoms with Gasteiger partial charge in [-0.1, -0.05) is 12.2 Å². The predicted octanol–water partition coefficient (Wildman–Crippen LogP) is 1.97. The molecule has 0 aromatic carbocycles. The fourth-order valence-electron chi connectivity index (χ4n) is 2.34. The van der Waals surface area contributed by atoms with Crippen molar-refractivity contribution in [3.05, 3.63) is 12.2 Å².